The van der Waals surface area contributed by atoms with Crippen molar-refractivity contribution in [2.75, 3.05) is 19.6 Å². The monoisotopic (exact) mass is 325 g/mol. The van der Waals surface area contributed by atoms with Crippen LogP contribution in [0.4, 0.5) is 0 Å². The van der Waals surface area contributed by atoms with Gasteiger partial charge in [-0.2, -0.15) is 0 Å². The zero-order valence-electron chi connectivity index (χ0n) is 13.7. The Balaban J connectivity index is 1.58. The van der Waals surface area contributed by atoms with Gasteiger partial charge >= 0.3 is 0 Å². The molecule has 1 aliphatic heterocycles. The van der Waals surface area contributed by atoms with Crippen LogP contribution in [0.2, 0.25) is 0 Å². The van der Waals surface area contributed by atoms with Crippen LogP contribution in [0.25, 0.3) is 6.08 Å². The largest absolute Gasteiger partial charge is 0.468 e. The molecule has 5 heteroatoms. The van der Waals surface area contributed by atoms with Gasteiger partial charge in [-0.1, -0.05) is 12.5 Å². The molecule has 1 unspecified atom stereocenters. The van der Waals surface area contributed by atoms with Gasteiger partial charge in [0.25, 0.3) is 0 Å². The molecule has 0 aliphatic carbocycles. The molecule has 1 fully saturated rings. The van der Waals surface area contributed by atoms with E-state index < -0.39 is 0 Å². The molecule has 1 atom stereocenters. The number of aromatic nitrogens is 1. The molecule has 1 N–H and O–H groups in total. The van der Waals surface area contributed by atoms with E-state index in [0.29, 0.717) is 6.54 Å². The van der Waals surface area contributed by atoms with Crippen molar-refractivity contribution >= 4 is 12.0 Å². The predicted molar refractivity (Wildman–Crippen MR) is 93.2 cm³/mol. The number of nitrogens with one attached hydrogen (secondary N) is 1. The lowest BCUT2D eigenvalue weighted by Crippen LogP contribution is -2.40. The van der Waals surface area contributed by atoms with E-state index in [-0.39, 0.29) is 11.9 Å². The molecule has 3 heterocycles. The fraction of sp³-hybridized carbons (Fsp3) is 0.368. The average Bonchev–Trinajstić information content (AvgIpc) is 3.16. The van der Waals surface area contributed by atoms with Crippen molar-refractivity contribution in [1.29, 1.82) is 0 Å². The fourth-order valence-corrected chi connectivity index (χ4v) is 3.02. The minimum atomic E-state index is -0.104. The highest BCUT2D eigenvalue weighted by Gasteiger charge is 2.24. The summed E-state index contributed by atoms with van der Waals surface area (Å²) in [6.07, 6.45) is 12.1. The van der Waals surface area contributed by atoms with E-state index in [1.165, 1.54) is 19.3 Å². The highest BCUT2D eigenvalue weighted by atomic mass is 16.3. The molecule has 1 saturated heterocycles. The Labute approximate surface area is 142 Å². The number of likely N-dealkylation sites (tertiary alicyclic amines) is 1. The van der Waals surface area contributed by atoms with E-state index in [9.17, 15) is 4.79 Å². The van der Waals surface area contributed by atoms with E-state index in [1.807, 2.05) is 24.3 Å². The van der Waals surface area contributed by atoms with Crippen molar-refractivity contribution in [1.82, 2.24) is 15.2 Å². The molecule has 0 spiro atoms. The van der Waals surface area contributed by atoms with Crippen LogP contribution in [0, 0.1) is 0 Å². The Morgan fingerprint density at radius 1 is 1.29 bits per heavy atom. The summed E-state index contributed by atoms with van der Waals surface area (Å²) in [6, 6.07) is 7.74. The molecule has 3 rings (SSSR count). The average molecular weight is 325 g/mol. The van der Waals surface area contributed by atoms with Gasteiger partial charge in [-0.05, 0) is 55.8 Å². The van der Waals surface area contributed by atoms with Crippen LogP contribution in [0.1, 0.15) is 36.6 Å². The van der Waals surface area contributed by atoms with E-state index in [1.54, 1.807) is 30.8 Å². The van der Waals surface area contributed by atoms with Crippen molar-refractivity contribution in [2.45, 2.75) is 25.3 Å². The van der Waals surface area contributed by atoms with Crippen molar-refractivity contribution in [3.63, 3.8) is 0 Å². The van der Waals surface area contributed by atoms with Gasteiger partial charge in [-0.25, -0.2) is 0 Å². The maximum absolute atomic E-state index is 12.1. The third-order valence-electron chi connectivity index (χ3n) is 4.28. The molecule has 1 aliphatic rings. The van der Waals surface area contributed by atoms with Gasteiger partial charge in [0.05, 0.1) is 12.3 Å². The Morgan fingerprint density at radius 3 is 2.88 bits per heavy atom. The molecular weight excluding hydrogens is 302 g/mol. The number of furan rings is 1. The second kappa shape index (κ2) is 8.45. The first kappa shape index (κ1) is 16.5. The zero-order valence-corrected chi connectivity index (χ0v) is 13.7. The van der Waals surface area contributed by atoms with Crippen molar-refractivity contribution < 1.29 is 9.21 Å². The second-order valence-electron chi connectivity index (χ2n) is 5.99. The zero-order chi connectivity index (χ0) is 16.6. The molecule has 1 amide bonds. The Hall–Kier alpha value is -2.40. The molecule has 5 nitrogen and oxygen atoms in total. The lowest BCUT2D eigenvalue weighted by atomic mass is 10.1. The van der Waals surface area contributed by atoms with Gasteiger partial charge < -0.3 is 9.73 Å². The normalized spacial score (nSPS) is 17.0. The van der Waals surface area contributed by atoms with Crippen LogP contribution in [-0.2, 0) is 4.79 Å². The van der Waals surface area contributed by atoms with Crippen LogP contribution in [0.15, 0.2) is 53.4 Å². The number of hydrogen-bond donors (Lipinski definition) is 1. The SMILES string of the molecule is O=C(/C=C/c1cccnc1)NCC(c1ccco1)N1CCCCC1. The van der Waals surface area contributed by atoms with Crippen molar-refractivity contribution in [3.05, 3.63) is 60.3 Å². The van der Waals surface area contributed by atoms with E-state index in [4.69, 9.17) is 4.42 Å². The molecular formula is C19H23N3O2. The Kier molecular flexibility index (Phi) is 5.80. The third kappa shape index (κ3) is 4.55. The predicted octanol–water partition coefficient (Wildman–Crippen LogP) is 3.03. The summed E-state index contributed by atoms with van der Waals surface area (Å²) < 4.78 is 5.59. The summed E-state index contributed by atoms with van der Waals surface area (Å²) in [7, 11) is 0. The van der Waals surface area contributed by atoms with E-state index >= 15 is 0 Å². The minimum Gasteiger partial charge on any atom is -0.468 e. The minimum absolute atomic E-state index is 0.0936. The second-order valence-corrected chi connectivity index (χ2v) is 5.99. The molecule has 24 heavy (non-hydrogen) atoms. The molecule has 0 saturated carbocycles. The first-order valence-corrected chi connectivity index (χ1v) is 8.46. The summed E-state index contributed by atoms with van der Waals surface area (Å²) in [6.45, 7) is 2.64. The lowest BCUT2D eigenvalue weighted by Gasteiger charge is -2.33. The summed E-state index contributed by atoms with van der Waals surface area (Å²) in [5.41, 5.74) is 0.909. The number of amides is 1. The number of pyridine rings is 1. The summed E-state index contributed by atoms with van der Waals surface area (Å²) >= 11 is 0. The molecule has 0 bridgehead atoms. The van der Waals surface area contributed by atoms with E-state index in [2.05, 4.69) is 15.2 Å². The number of carbonyl (C=O) groups excluding carboxylic acids is 1. The number of carbonyl (C=O) groups is 1. The molecule has 2 aromatic rings. The molecule has 2 aromatic heterocycles. The summed E-state index contributed by atoms with van der Waals surface area (Å²) in [5, 5.41) is 2.99. The van der Waals surface area contributed by atoms with Gasteiger partial charge in [0.15, 0.2) is 0 Å². The van der Waals surface area contributed by atoms with Crippen LogP contribution < -0.4 is 5.32 Å². The van der Waals surface area contributed by atoms with Gasteiger partial charge in [-0.15, -0.1) is 0 Å². The highest BCUT2D eigenvalue weighted by Crippen LogP contribution is 2.24. The number of piperidine rings is 1. The summed E-state index contributed by atoms with van der Waals surface area (Å²) in [4.78, 5) is 18.5. The van der Waals surface area contributed by atoms with Gasteiger partial charge in [0.1, 0.15) is 5.76 Å². The maximum atomic E-state index is 12.1. The molecule has 0 radical (unpaired) electrons. The first-order chi connectivity index (χ1) is 11.8. The smallest absolute Gasteiger partial charge is 0.244 e. The number of hydrogen-bond acceptors (Lipinski definition) is 4. The van der Waals surface area contributed by atoms with Gasteiger partial charge in [0.2, 0.25) is 5.91 Å². The maximum Gasteiger partial charge on any atom is 0.244 e. The van der Waals surface area contributed by atoms with Crippen LogP contribution >= 0.6 is 0 Å². The standard InChI is InChI=1S/C19H23N3O2/c23-19(9-8-16-6-4-10-20-14-16)21-15-17(18-7-5-13-24-18)22-11-2-1-3-12-22/h4-10,13-14,17H,1-3,11-12,15H2,(H,21,23)/b9-8+. The third-order valence-corrected chi connectivity index (χ3v) is 4.28. The van der Waals surface area contributed by atoms with Crippen LogP contribution in [-0.4, -0.2) is 35.4 Å². The number of rotatable bonds is 6. The van der Waals surface area contributed by atoms with Crippen molar-refractivity contribution in [2.24, 2.45) is 0 Å². The Bertz CT molecular complexity index is 647. The van der Waals surface area contributed by atoms with Crippen molar-refractivity contribution in [3.8, 4) is 0 Å². The quantitative estimate of drug-likeness (QED) is 0.830. The number of nitrogens with zero attached hydrogens (tertiary/aromatic N) is 2. The van der Waals surface area contributed by atoms with Gasteiger partial charge in [-0.3, -0.25) is 14.7 Å². The molecule has 126 valence electrons. The summed E-state index contributed by atoms with van der Waals surface area (Å²) in [5.74, 6) is 0.806. The van der Waals surface area contributed by atoms with Crippen LogP contribution in [0.3, 0.4) is 0 Å². The highest BCUT2D eigenvalue weighted by molar-refractivity contribution is 5.91. The Morgan fingerprint density at radius 2 is 2.17 bits per heavy atom. The lowest BCUT2D eigenvalue weighted by molar-refractivity contribution is -0.116. The van der Waals surface area contributed by atoms with Crippen LogP contribution in [0.5, 0.6) is 0 Å². The fourth-order valence-electron chi connectivity index (χ4n) is 3.02. The first-order valence-electron chi connectivity index (χ1n) is 8.46. The van der Waals surface area contributed by atoms with E-state index in [0.717, 1.165) is 24.4 Å². The topological polar surface area (TPSA) is 58.4 Å². The molecule has 0 aromatic carbocycles. The van der Waals surface area contributed by atoms with Gasteiger partial charge in [0, 0.05) is 25.0 Å².